The van der Waals surface area contributed by atoms with Crippen molar-refractivity contribution < 1.29 is 9.53 Å². The molecule has 0 bridgehead atoms. The number of hydrogen-bond donors (Lipinski definition) is 0. The van der Waals surface area contributed by atoms with Crippen molar-refractivity contribution in [3.05, 3.63) is 64.6 Å². The molecule has 3 rings (SSSR count). The number of amides is 1. The van der Waals surface area contributed by atoms with Gasteiger partial charge in [0.25, 0.3) is 5.91 Å². The summed E-state index contributed by atoms with van der Waals surface area (Å²) >= 11 is 6.79. The van der Waals surface area contributed by atoms with E-state index < -0.39 is 0 Å². The maximum absolute atomic E-state index is 12.9. The van der Waals surface area contributed by atoms with Crippen molar-refractivity contribution >= 4 is 46.0 Å². The Balaban J connectivity index is 1.54. The summed E-state index contributed by atoms with van der Waals surface area (Å²) < 4.78 is 6.40. The highest BCUT2D eigenvalue weighted by molar-refractivity contribution is 8.27. The maximum Gasteiger partial charge on any atom is 0.270 e. The zero-order valence-corrected chi connectivity index (χ0v) is 19.4. The Morgan fingerprint density at radius 2 is 1.63 bits per heavy atom. The number of benzene rings is 2. The summed E-state index contributed by atoms with van der Waals surface area (Å²) in [7, 11) is 0. The Morgan fingerprint density at radius 1 is 0.967 bits per heavy atom. The number of thioether (sulfide) groups is 1. The highest BCUT2D eigenvalue weighted by atomic mass is 32.2. The van der Waals surface area contributed by atoms with E-state index in [2.05, 4.69) is 6.92 Å². The van der Waals surface area contributed by atoms with Gasteiger partial charge in [0.05, 0.1) is 17.2 Å². The van der Waals surface area contributed by atoms with Gasteiger partial charge in [-0.05, 0) is 49.2 Å². The lowest BCUT2D eigenvalue weighted by Gasteiger charge is -2.14. The molecule has 1 amide bonds. The fourth-order valence-corrected chi connectivity index (χ4v) is 4.57. The molecule has 2 aromatic rings. The quantitative estimate of drug-likeness (QED) is 0.223. The molecule has 1 saturated heterocycles. The van der Waals surface area contributed by atoms with Crippen LogP contribution in [0.2, 0.25) is 0 Å². The lowest BCUT2D eigenvalue weighted by Crippen LogP contribution is -2.27. The molecule has 158 valence electrons. The molecule has 0 aliphatic carbocycles. The first-order chi connectivity index (χ1) is 14.6. The van der Waals surface area contributed by atoms with E-state index in [0.29, 0.717) is 9.23 Å². The Morgan fingerprint density at radius 3 is 2.33 bits per heavy atom. The molecule has 3 nitrogen and oxygen atoms in total. The zero-order valence-electron chi connectivity index (χ0n) is 17.7. The summed E-state index contributed by atoms with van der Waals surface area (Å²) in [5.41, 5.74) is 2.93. The minimum Gasteiger partial charge on any atom is -0.494 e. The van der Waals surface area contributed by atoms with Crippen molar-refractivity contribution in [3.63, 3.8) is 0 Å². The predicted molar refractivity (Wildman–Crippen MR) is 132 cm³/mol. The Labute approximate surface area is 189 Å². The first kappa shape index (κ1) is 22.6. The predicted octanol–water partition coefficient (Wildman–Crippen LogP) is 7.14. The van der Waals surface area contributed by atoms with Gasteiger partial charge in [0.2, 0.25) is 0 Å². The van der Waals surface area contributed by atoms with Gasteiger partial charge in [-0.3, -0.25) is 9.69 Å². The number of carbonyl (C=O) groups excluding carboxylic acids is 1. The van der Waals surface area contributed by atoms with Crippen LogP contribution in [0.4, 0.5) is 5.69 Å². The smallest absolute Gasteiger partial charge is 0.270 e. The lowest BCUT2D eigenvalue weighted by molar-refractivity contribution is -0.113. The third-order valence-corrected chi connectivity index (χ3v) is 6.33. The number of nitrogens with zero attached hydrogens (tertiary/aromatic N) is 1. The third-order valence-electron chi connectivity index (χ3n) is 5.03. The molecule has 1 aliphatic heterocycles. The first-order valence-electron chi connectivity index (χ1n) is 10.7. The van der Waals surface area contributed by atoms with Gasteiger partial charge in [-0.25, -0.2) is 0 Å². The second-order valence-electron chi connectivity index (χ2n) is 7.54. The SMILES string of the molecule is CCCCCCCCOc1ccc(/C=C2\SC(=S)N(c3ccc(C)cc3)C2=O)cc1. The van der Waals surface area contributed by atoms with Crippen LogP contribution in [0.5, 0.6) is 5.75 Å². The summed E-state index contributed by atoms with van der Waals surface area (Å²) in [4.78, 5) is 15.1. The van der Waals surface area contributed by atoms with E-state index in [1.807, 2.05) is 61.5 Å². The number of aryl methyl sites for hydroxylation is 1. The number of carbonyl (C=O) groups is 1. The lowest BCUT2D eigenvalue weighted by atomic mass is 10.1. The van der Waals surface area contributed by atoms with Crippen molar-refractivity contribution in [3.8, 4) is 5.75 Å². The fourth-order valence-electron chi connectivity index (χ4n) is 3.27. The number of unbranched alkanes of at least 4 members (excludes halogenated alkanes) is 5. The molecule has 30 heavy (non-hydrogen) atoms. The highest BCUT2D eigenvalue weighted by Gasteiger charge is 2.33. The largest absolute Gasteiger partial charge is 0.494 e. The van der Waals surface area contributed by atoms with Crippen LogP contribution in [0, 0.1) is 6.92 Å². The molecule has 2 aromatic carbocycles. The first-order valence-corrected chi connectivity index (χ1v) is 11.9. The van der Waals surface area contributed by atoms with Crippen LogP contribution in [0.1, 0.15) is 56.6 Å². The average Bonchev–Trinajstić information content (AvgIpc) is 3.02. The van der Waals surface area contributed by atoms with Crippen molar-refractivity contribution in [2.75, 3.05) is 11.5 Å². The van der Waals surface area contributed by atoms with E-state index in [-0.39, 0.29) is 5.91 Å². The van der Waals surface area contributed by atoms with Gasteiger partial charge in [-0.2, -0.15) is 0 Å². The molecular formula is C25H29NO2S2. The van der Waals surface area contributed by atoms with Crippen LogP contribution < -0.4 is 9.64 Å². The van der Waals surface area contributed by atoms with Gasteiger partial charge in [-0.1, -0.05) is 92.8 Å². The van der Waals surface area contributed by atoms with Crippen LogP contribution >= 0.6 is 24.0 Å². The van der Waals surface area contributed by atoms with Crippen molar-refractivity contribution in [2.24, 2.45) is 0 Å². The maximum atomic E-state index is 12.9. The molecule has 0 spiro atoms. The van der Waals surface area contributed by atoms with Crippen molar-refractivity contribution in [1.82, 2.24) is 0 Å². The van der Waals surface area contributed by atoms with Crippen molar-refractivity contribution in [2.45, 2.75) is 52.4 Å². The minimum atomic E-state index is -0.0720. The Kier molecular flexibility index (Phi) is 8.52. The second kappa shape index (κ2) is 11.3. The molecule has 0 saturated carbocycles. The Bertz CT molecular complexity index is 888. The van der Waals surface area contributed by atoms with Crippen LogP contribution in [-0.2, 0) is 4.79 Å². The highest BCUT2D eigenvalue weighted by Crippen LogP contribution is 2.36. The number of thiocarbonyl (C=S) groups is 1. The molecule has 5 heteroatoms. The molecule has 0 unspecified atom stereocenters. The van der Waals surface area contributed by atoms with Gasteiger partial charge in [0, 0.05) is 0 Å². The minimum absolute atomic E-state index is 0.0720. The van der Waals surface area contributed by atoms with Gasteiger partial charge >= 0.3 is 0 Å². The zero-order chi connectivity index (χ0) is 21.3. The van der Waals surface area contributed by atoms with Gasteiger partial charge in [0.1, 0.15) is 5.75 Å². The molecule has 0 atom stereocenters. The summed E-state index contributed by atoms with van der Waals surface area (Å²) in [5.74, 6) is 0.796. The van der Waals surface area contributed by atoms with Crippen LogP contribution in [0.15, 0.2) is 53.4 Å². The normalized spacial score (nSPS) is 15.3. The molecule has 1 aliphatic rings. The number of ether oxygens (including phenoxy) is 1. The van der Waals surface area contributed by atoms with Gasteiger partial charge in [-0.15, -0.1) is 0 Å². The standard InChI is InChI=1S/C25H29NO2S2/c1-3-4-5-6-7-8-17-28-22-15-11-20(12-16-22)18-23-24(27)26(25(29)30-23)21-13-9-19(2)10-14-21/h9-16,18H,3-8,17H2,1-2H3/b23-18-. The summed E-state index contributed by atoms with van der Waals surface area (Å²) in [6.45, 7) is 5.01. The third kappa shape index (κ3) is 6.19. The summed E-state index contributed by atoms with van der Waals surface area (Å²) in [6, 6.07) is 15.7. The number of rotatable bonds is 10. The number of anilines is 1. The van der Waals surface area contributed by atoms with E-state index in [1.165, 1.54) is 43.9 Å². The molecule has 1 heterocycles. The Hall–Kier alpha value is -2.11. The molecule has 0 aromatic heterocycles. The van der Waals surface area contributed by atoms with E-state index in [9.17, 15) is 4.79 Å². The van der Waals surface area contributed by atoms with E-state index in [4.69, 9.17) is 17.0 Å². The summed E-state index contributed by atoms with van der Waals surface area (Å²) in [5, 5.41) is 0. The van der Waals surface area contributed by atoms with Crippen LogP contribution in [-0.4, -0.2) is 16.8 Å². The number of hydrogen-bond acceptors (Lipinski definition) is 4. The van der Waals surface area contributed by atoms with Gasteiger partial charge < -0.3 is 4.74 Å². The molecule has 0 N–H and O–H groups in total. The van der Waals surface area contributed by atoms with Crippen LogP contribution in [0.3, 0.4) is 0 Å². The average molecular weight is 440 g/mol. The van der Waals surface area contributed by atoms with Crippen molar-refractivity contribution in [1.29, 1.82) is 0 Å². The monoisotopic (exact) mass is 439 g/mol. The fraction of sp³-hybridized carbons (Fsp3) is 0.360. The summed E-state index contributed by atoms with van der Waals surface area (Å²) in [6.07, 6.45) is 9.42. The molecule has 0 radical (unpaired) electrons. The second-order valence-corrected chi connectivity index (χ2v) is 9.21. The van der Waals surface area contributed by atoms with Gasteiger partial charge in [0.15, 0.2) is 4.32 Å². The van der Waals surface area contributed by atoms with E-state index in [1.54, 1.807) is 4.90 Å². The molecule has 1 fully saturated rings. The van der Waals surface area contributed by atoms with Crippen LogP contribution in [0.25, 0.3) is 6.08 Å². The molecular weight excluding hydrogens is 410 g/mol. The van der Waals surface area contributed by atoms with E-state index >= 15 is 0 Å². The van der Waals surface area contributed by atoms with E-state index in [0.717, 1.165) is 35.6 Å². The topological polar surface area (TPSA) is 29.5 Å².